The summed E-state index contributed by atoms with van der Waals surface area (Å²) in [6, 6.07) is 0. The van der Waals surface area contributed by atoms with Gasteiger partial charge >= 0.3 is 0 Å². The van der Waals surface area contributed by atoms with Crippen LogP contribution in [0.3, 0.4) is 0 Å². The van der Waals surface area contributed by atoms with Crippen LogP contribution in [0.25, 0.3) is 0 Å². The summed E-state index contributed by atoms with van der Waals surface area (Å²) < 4.78 is 5.42. The molecule has 0 unspecified atom stereocenters. The maximum absolute atomic E-state index is 5.42. The lowest BCUT2D eigenvalue weighted by Gasteiger charge is -2.28. The first kappa shape index (κ1) is 12.3. The summed E-state index contributed by atoms with van der Waals surface area (Å²) in [4.78, 5) is 5.25. The Kier molecular flexibility index (Phi) is 5.07. The van der Waals surface area contributed by atoms with E-state index in [-0.39, 0.29) is 0 Å². The van der Waals surface area contributed by atoms with Gasteiger partial charge in [-0.1, -0.05) is 6.92 Å². The Morgan fingerprint density at radius 2 is 1.69 bits per heavy atom. The van der Waals surface area contributed by atoms with Crippen LogP contribution < -0.4 is 0 Å². The molecule has 2 aliphatic rings. The van der Waals surface area contributed by atoms with Gasteiger partial charge in [-0.3, -0.25) is 0 Å². The number of hydrogen-bond acceptors (Lipinski definition) is 3. The van der Waals surface area contributed by atoms with Crippen LogP contribution in [0.4, 0.5) is 0 Å². The zero-order valence-electron chi connectivity index (χ0n) is 10.7. The Morgan fingerprint density at radius 1 is 1.00 bits per heavy atom. The van der Waals surface area contributed by atoms with Crippen molar-refractivity contribution >= 4 is 0 Å². The summed E-state index contributed by atoms with van der Waals surface area (Å²) in [5, 5.41) is 0. The van der Waals surface area contributed by atoms with E-state index in [1.54, 1.807) is 0 Å². The third kappa shape index (κ3) is 3.72. The van der Waals surface area contributed by atoms with Crippen molar-refractivity contribution in [3.05, 3.63) is 0 Å². The molecule has 0 saturated carbocycles. The summed E-state index contributed by atoms with van der Waals surface area (Å²) in [5.74, 6) is 0.891. The average Bonchev–Trinajstić information content (AvgIpc) is 2.56. The summed E-state index contributed by atoms with van der Waals surface area (Å²) in [6.45, 7) is 11.9. The van der Waals surface area contributed by atoms with E-state index in [1.807, 2.05) is 0 Å². The normalized spacial score (nSPS) is 26.8. The van der Waals surface area contributed by atoms with Gasteiger partial charge in [-0.05, 0) is 44.8 Å². The number of rotatable bonds is 3. The second kappa shape index (κ2) is 6.58. The van der Waals surface area contributed by atoms with Gasteiger partial charge in [0, 0.05) is 32.8 Å². The molecule has 0 aromatic heterocycles. The first-order chi connectivity index (χ1) is 7.88. The van der Waals surface area contributed by atoms with Crippen LogP contribution in [0.2, 0.25) is 0 Å². The molecule has 0 N–H and O–H groups in total. The van der Waals surface area contributed by atoms with Crippen molar-refractivity contribution < 1.29 is 4.74 Å². The molecule has 0 bridgehead atoms. The molecule has 2 saturated heterocycles. The van der Waals surface area contributed by atoms with Gasteiger partial charge in [0.1, 0.15) is 0 Å². The molecular weight excluding hydrogens is 200 g/mol. The van der Waals surface area contributed by atoms with E-state index >= 15 is 0 Å². The standard InChI is InChI=1S/C13H26N2O/c1-2-14-6-3-7-15(9-8-14)12-13-4-10-16-11-5-13/h13H,2-12H2,1H3. The van der Waals surface area contributed by atoms with E-state index < -0.39 is 0 Å². The van der Waals surface area contributed by atoms with Crippen LogP contribution in [-0.4, -0.2) is 62.3 Å². The van der Waals surface area contributed by atoms with Gasteiger partial charge in [0.05, 0.1) is 0 Å². The van der Waals surface area contributed by atoms with Crippen molar-refractivity contribution in [3.8, 4) is 0 Å². The molecule has 16 heavy (non-hydrogen) atoms. The molecule has 2 aliphatic heterocycles. The van der Waals surface area contributed by atoms with E-state index in [4.69, 9.17) is 4.74 Å². The highest BCUT2D eigenvalue weighted by Crippen LogP contribution is 2.17. The minimum Gasteiger partial charge on any atom is -0.381 e. The quantitative estimate of drug-likeness (QED) is 0.724. The number of ether oxygens (including phenoxy) is 1. The maximum atomic E-state index is 5.42. The lowest BCUT2D eigenvalue weighted by molar-refractivity contribution is 0.0530. The van der Waals surface area contributed by atoms with E-state index in [1.165, 1.54) is 58.5 Å². The van der Waals surface area contributed by atoms with E-state index in [0.29, 0.717) is 0 Å². The summed E-state index contributed by atoms with van der Waals surface area (Å²) in [5.41, 5.74) is 0. The van der Waals surface area contributed by atoms with Crippen LogP contribution in [0.15, 0.2) is 0 Å². The first-order valence-electron chi connectivity index (χ1n) is 6.91. The lowest BCUT2D eigenvalue weighted by atomic mass is 10.00. The SMILES string of the molecule is CCN1CCCN(CC2CCOCC2)CC1. The zero-order chi connectivity index (χ0) is 11.2. The van der Waals surface area contributed by atoms with Crippen molar-refractivity contribution in [3.63, 3.8) is 0 Å². The lowest BCUT2D eigenvalue weighted by Crippen LogP contribution is -2.35. The van der Waals surface area contributed by atoms with Crippen LogP contribution in [0, 0.1) is 5.92 Å². The van der Waals surface area contributed by atoms with Crippen molar-refractivity contribution in [2.75, 3.05) is 52.5 Å². The van der Waals surface area contributed by atoms with Gasteiger partial charge in [-0.2, -0.15) is 0 Å². The molecule has 2 heterocycles. The highest BCUT2D eigenvalue weighted by Gasteiger charge is 2.19. The van der Waals surface area contributed by atoms with Crippen LogP contribution in [0.1, 0.15) is 26.2 Å². The Bertz CT molecular complexity index is 192. The molecular formula is C13H26N2O. The molecule has 94 valence electrons. The minimum atomic E-state index is 0.891. The third-order valence-electron chi connectivity index (χ3n) is 3.99. The van der Waals surface area contributed by atoms with Crippen molar-refractivity contribution in [2.24, 2.45) is 5.92 Å². The Balaban J connectivity index is 1.72. The predicted octanol–water partition coefficient (Wildman–Crippen LogP) is 1.44. The number of nitrogens with zero attached hydrogens (tertiary/aromatic N) is 2. The van der Waals surface area contributed by atoms with E-state index in [2.05, 4.69) is 16.7 Å². The third-order valence-corrected chi connectivity index (χ3v) is 3.99. The molecule has 2 fully saturated rings. The summed E-state index contributed by atoms with van der Waals surface area (Å²) in [6.07, 6.45) is 3.89. The largest absolute Gasteiger partial charge is 0.381 e. The fraction of sp³-hybridized carbons (Fsp3) is 1.00. The van der Waals surface area contributed by atoms with Gasteiger partial charge in [0.25, 0.3) is 0 Å². The van der Waals surface area contributed by atoms with Gasteiger partial charge in [0.2, 0.25) is 0 Å². The molecule has 0 aliphatic carbocycles. The summed E-state index contributed by atoms with van der Waals surface area (Å²) >= 11 is 0. The second-order valence-corrected chi connectivity index (χ2v) is 5.14. The fourth-order valence-electron chi connectivity index (χ4n) is 2.82. The fourth-order valence-corrected chi connectivity index (χ4v) is 2.82. The second-order valence-electron chi connectivity index (χ2n) is 5.14. The number of likely N-dealkylation sites (N-methyl/N-ethyl adjacent to an activating group) is 1. The van der Waals surface area contributed by atoms with Gasteiger partial charge in [0.15, 0.2) is 0 Å². The summed E-state index contributed by atoms with van der Waals surface area (Å²) in [7, 11) is 0. The maximum Gasteiger partial charge on any atom is 0.0469 e. The molecule has 0 radical (unpaired) electrons. The molecule has 2 rings (SSSR count). The van der Waals surface area contributed by atoms with Gasteiger partial charge in [-0.15, -0.1) is 0 Å². The molecule has 0 amide bonds. The van der Waals surface area contributed by atoms with Gasteiger partial charge < -0.3 is 14.5 Å². The molecule has 3 heteroatoms. The number of hydrogen-bond donors (Lipinski definition) is 0. The molecule has 0 aromatic carbocycles. The van der Waals surface area contributed by atoms with E-state index in [9.17, 15) is 0 Å². The highest BCUT2D eigenvalue weighted by atomic mass is 16.5. The van der Waals surface area contributed by atoms with Crippen molar-refractivity contribution in [2.45, 2.75) is 26.2 Å². The van der Waals surface area contributed by atoms with Crippen LogP contribution in [-0.2, 0) is 4.74 Å². The Morgan fingerprint density at radius 3 is 2.44 bits per heavy atom. The molecule has 0 spiro atoms. The Labute approximate surface area is 99.7 Å². The topological polar surface area (TPSA) is 15.7 Å². The average molecular weight is 226 g/mol. The van der Waals surface area contributed by atoms with Gasteiger partial charge in [-0.25, -0.2) is 0 Å². The molecule has 0 aromatic rings. The first-order valence-corrected chi connectivity index (χ1v) is 6.91. The Hall–Kier alpha value is -0.120. The van der Waals surface area contributed by atoms with E-state index in [0.717, 1.165) is 19.1 Å². The zero-order valence-corrected chi connectivity index (χ0v) is 10.7. The van der Waals surface area contributed by atoms with Crippen molar-refractivity contribution in [1.29, 1.82) is 0 Å². The highest BCUT2D eigenvalue weighted by molar-refractivity contribution is 4.73. The monoisotopic (exact) mass is 226 g/mol. The molecule has 3 nitrogen and oxygen atoms in total. The minimum absolute atomic E-state index is 0.891. The van der Waals surface area contributed by atoms with Crippen molar-refractivity contribution in [1.82, 2.24) is 9.80 Å². The smallest absolute Gasteiger partial charge is 0.0469 e. The van der Waals surface area contributed by atoms with Crippen LogP contribution in [0.5, 0.6) is 0 Å². The van der Waals surface area contributed by atoms with Crippen LogP contribution >= 0.6 is 0 Å². The predicted molar refractivity (Wildman–Crippen MR) is 66.7 cm³/mol. The molecule has 0 atom stereocenters.